The smallest absolute Gasteiger partial charge is 0.279 e. The Balaban J connectivity index is 2.66. The summed E-state index contributed by atoms with van der Waals surface area (Å²) in [6.07, 6.45) is 0. The minimum atomic E-state index is -3.77. The van der Waals surface area contributed by atoms with Gasteiger partial charge >= 0.3 is 0 Å². The Morgan fingerprint density at radius 1 is 1.10 bits per heavy atom. The third kappa shape index (κ3) is 2.72. The average molecular weight is 308 g/mol. The molecule has 6 heteroatoms. The Bertz CT molecular complexity index is 663. The summed E-state index contributed by atoms with van der Waals surface area (Å²) < 4.78 is 26.5. The molecule has 1 aromatic carbocycles. The van der Waals surface area contributed by atoms with E-state index in [4.69, 9.17) is 0 Å². The predicted molar refractivity (Wildman–Crippen MR) is 82.7 cm³/mol. The van der Waals surface area contributed by atoms with Gasteiger partial charge in [-0.25, -0.2) is 12.7 Å². The van der Waals surface area contributed by atoms with E-state index in [0.717, 1.165) is 4.31 Å². The number of carbonyl (C=O) groups excluding carboxylic acids is 1. The number of amides is 1. The van der Waals surface area contributed by atoms with Crippen molar-refractivity contribution in [3.8, 4) is 0 Å². The van der Waals surface area contributed by atoms with Crippen molar-refractivity contribution in [2.24, 2.45) is 4.99 Å². The van der Waals surface area contributed by atoms with Gasteiger partial charge in [-0.05, 0) is 33.3 Å². The van der Waals surface area contributed by atoms with Crippen LogP contribution in [0.1, 0.15) is 38.5 Å². The van der Waals surface area contributed by atoms with Crippen molar-refractivity contribution in [3.63, 3.8) is 0 Å². The summed E-state index contributed by atoms with van der Waals surface area (Å²) in [7, 11) is -3.77. The number of benzene rings is 1. The van der Waals surface area contributed by atoms with E-state index in [1.54, 1.807) is 38.1 Å². The lowest BCUT2D eigenvalue weighted by Gasteiger charge is -2.19. The Morgan fingerprint density at radius 3 is 2.14 bits per heavy atom. The van der Waals surface area contributed by atoms with Gasteiger partial charge in [0.05, 0.1) is 0 Å². The summed E-state index contributed by atoms with van der Waals surface area (Å²) in [5.74, 6) is -0.507. The van der Waals surface area contributed by atoms with E-state index in [9.17, 15) is 13.2 Å². The van der Waals surface area contributed by atoms with Gasteiger partial charge in [0.2, 0.25) is 0 Å². The highest BCUT2D eigenvalue weighted by atomic mass is 32.2. The Labute approximate surface area is 125 Å². The van der Waals surface area contributed by atoms with E-state index >= 15 is 0 Å². The maximum absolute atomic E-state index is 12.8. The minimum absolute atomic E-state index is 0.116. The van der Waals surface area contributed by atoms with Crippen LogP contribution in [0, 0.1) is 0 Å². The van der Waals surface area contributed by atoms with Crippen LogP contribution in [0.5, 0.6) is 0 Å². The van der Waals surface area contributed by atoms with Gasteiger partial charge in [-0.15, -0.1) is 0 Å². The molecule has 1 fully saturated rings. The summed E-state index contributed by atoms with van der Waals surface area (Å²) in [4.78, 5) is 16.8. The number of aliphatic imine (C=N–C) groups is 1. The van der Waals surface area contributed by atoms with Crippen LogP contribution in [0.4, 0.5) is 0 Å². The molecule has 1 amide bonds. The molecule has 2 rings (SSSR count). The zero-order valence-electron chi connectivity index (χ0n) is 12.6. The number of rotatable bonds is 3. The van der Waals surface area contributed by atoms with Crippen LogP contribution in [-0.2, 0) is 14.8 Å². The van der Waals surface area contributed by atoms with Gasteiger partial charge in [0, 0.05) is 12.1 Å². The number of hydrogen-bond acceptors (Lipinski definition) is 4. The van der Waals surface area contributed by atoms with Gasteiger partial charge in [0.15, 0.2) is 5.25 Å². The van der Waals surface area contributed by atoms with Crippen molar-refractivity contribution in [2.75, 3.05) is 0 Å². The molecule has 1 heterocycles. The number of nitrogens with zero attached hydrogens (tertiary/aromatic N) is 2. The van der Waals surface area contributed by atoms with Gasteiger partial charge in [0.1, 0.15) is 5.71 Å². The SMILES string of the molecule is CC(C)N=C1C(=O)N(C(C)C)S(=O)(=O)C1c1ccccc1. The Morgan fingerprint density at radius 2 is 1.67 bits per heavy atom. The average Bonchev–Trinajstić information content (AvgIpc) is 2.56. The standard InChI is InChI=1S/C15H20N2O3S/c1-10(2)16-13-14(12-8-6-5-7-9-12)21(19,20)17(11(3)4)15(13)18/h5-11,14H,1-4H3. The fourth-order valence-corrected chi connectivity index (χ4v) is 4.57. The lowest BCUT2D eigenvalue weighted by Crippen LogP contribution is -2.37. The van der Waals surface area contributed by atoms with Crippen molar-refractivity contribution in [1.29, 1.82) is 0 Å². The van der Waals surface area contributed by atoms with E-state index < -0.39 is 27.2 Å². The normalized spacial score (nSPS) is 23.5. The first kappa shape index (κ1) is 15.7. The van der Waals surface area contributed by atoms with Gasteiger partial charge in [0.25, 0.3) is 15.9 Å². The molecule has 0 aliphatic carbocycles. The molecule has 0 bridgehead atoms. The van der Waals surface area contributed by atoms with Crippen molar-refractivity contribution in [3.05, 3.63) is 35.9 Å². The highest BCUT2D eigenvalue weighted by molar-refractivity contribution is 7.91. The van der Waals surface area contributed by atoms with Gasteiger partial charge in [-0.2, -0.15) is 0 Å². The molecule has 0 N–H and O–H groups in total. The molecule has 5 nitrogen and oxygen atoms in total. The third-order valence-corrected chi connectivity index (χ3v) is 5.44. The molecule has 1 aromatic rings. The highest BCUT2D eigenvalue weighted by Crippen LogP contribution is 2.36. The largest absolute Gasteiger partial charge is 0.283 e. The molecule has 0 radical (unpaired) electrons. The summed E-state index contributed by atoms with van der Waals surface area (Å²) in [5, 5.41) is -1.00. The van der Waals surface area contributed by atoms with Gasteiger partial charge in [-0.3, -0.25) is 9.79 Å². The fraction of sp³-hybridized carbons (Fsp3) is 0.467. The molecule has 0 aromatic heterocycles. The summed E-state index contributed by atoms with van der Waals surface area (Å²) >= 11 is 0. The van der Waals surface area contributed by atoms with Crippen LogP contribution in [0.2, 0.25) is 0 Å². The number of carbonyl (C=O) groups is 1. The summed E-state index contributed by atoms with van der Waals surface area (Å²) in [6, 6.07) is 8.21. The Kier molecular flexibility index (Phi) is 4.18. The van der Waals surface area contributed by atoms with Crippen LogP contribution in [0.3, 0.4) is 0 Å². The second-order valence-corrected chi connectivity index (χ2v) is 7.53. The van der Waals surface area contributed by atoms with E-state index in [1.165, 1.54) is 0 Å². The molecule has 1 aliphatic rings. The zero-order chi connectivity index (χ0) is 15.8. The molecular weight excluding hydrogens is 288 g/mol. The summed E-state index contributed by atoms with van der Waals surface area (Å²) in [6.45, 7) is 7.03. The number of sulfonamides is 1. The van der Waals surface area contributed by atoms with E-state index in [2.05, 4.69) is 4.99 Å². The zero-order valence-corrected chi connectivity index (χ0v) is 13.5. The molecule has 114 valence electrons. The van der Waals surface area contributed by atoms with Crippen LogP contribution in [-0.4, -0.2) is 36.4 Å². The molecule has 1 saturated heterocycles. The van der Waals surface area contributed by atoms with Crippen molar-refractivity contribution in [1.82, 2.24) is 4.31 Å². The second-order valence-electron chi connectivity index (χ2n) is 5.64. The highest BCUT2D eigenvalue weighted by Gasteiger charge is 2.51. The van der Waals surface area contributed by atoms with Crippen LogP contribution >= 0.6 is 0 Å². The van der Waals surface area contributed by atoms with Gasteiger partial charge < -0.3 is 0 Å². The van der Waals surface area contributed by atoms with Crippen molar-refractivity contribution in [2.45, 2.75) is 45.0 Å². The van der Waals surface area contributed by atoms with Crippen LogP contribution in [0.25, 0.3) is 0 Å². The molecule has 0 spiro atoms. The quantitative estimate of drug-likeness (QED) is 0.859. The van der Waals surface area contributed by atoms with E-state index in [-0.39, 0.29) is 11.8 Å². The van der Waals surface area contributed by atoms with E-state index in [0.29, 0.717) is 5.56 Å². The first-order valence-corrected chi connectivity index (χ1v) is 8.47. The lowest BCUT2D eigenvalue weighted by molar-refractivity contribution is -0.120. The van der Waals surface area contributed by atoms with Crippen LogP contribution < -0.4 is 0 Å². The first-order valence-electron chi connectivity index (χ1n) is 6.97. The topological polar surface area (TPSA) is 66.8 Å². The molecule has 0 saturated carbocycles. The molecular formula is C15H20N2O3S. The van der Waals surface area contributed by atoms with Crippen LogP contribution in [0.15, 0.2) is 35.3 Å². The van der Waals surface area contributed by atoms with E-state index in [1.807, 2.05) is 19.9 Å². The maximum atomic E-state index is 12.8. The third-order valence-electron chi connectivity index (χ3n) is 3.21. The van der Waals surface area contributed by atoms with Crippen molar-refractivity contribution < 1.29 is 13.2 Å². The second kappa shape index (κ2) is 5.60. The fourth-order valence-electron chi connectivity index (χ4n) is 2.48. The monoisotopic (exact) mass is 308 g/mol. The lowest BCUT2D eigenvalue weighted by atomic mass is 10.1. The maximum Gasteiger partial charge on any atom is 0.283 e. The molecule has 1 unspecified atom stereocenters. The predicted octanol–water partition coefficient (Wildman–Crippen LogP) is 2.16. The number of hydrogen-bond donors (Lipinski definition) is 0. The molecule has 1 atom stereocenters. The van der Waals surface area contributed by atoms with Crippen molar-refractivity contribution >= 4 is 21.6 Å². The molecule has 21 heavy (non-hydrogen) atoms. The Hall–Kier alpha value is -1.69. The first-order chi connectivity index (χ1) is 9.76. The molecule has 1 aliphatic heterocycles. The van der Waals surface area contributed by atoms with Gasteiger partial charge in [-0.1, -0.05) is 30.3 Å². The summed E-state index contributed by atoms with van der Waals surface area (Å²) in [5.41, 5.74) is 0.693. The minimum Gasteiger partial charge on any atom is -0.279 e.